The molecule has 174 valence electrons. The Morgan fingerprint density at radius 3 is 2.28 bits per heavy atom. The predicted molar refractivity (Wildman–Crippen MR) is 122 cm³/mol. The van der Waals surface area contributed by atoms with Gasteiger partial charge in [0.05, 0.1) is 19.3 Å². The molecule has 8 heteroatoms. The lowest BCUT2D eigenvalue weighted by atomic mass is 10.1. The third kappa shape index (κ3) is 8.91. The Morgan fingerprint density at radius 1 is 1.00 bits per heavy atom. The predicted octanol–water partition coefficient (Wildman–Crippen LogP) is 3.39. The van der Waals surface area contributed by atoms with Crippen LogP contribution in [0.5, 0.6) is 11.8 Å². The van der Waals surface area contributed by atoms with Crippen LogP contribution in [0.2, 0.25) is 0 Å². The van der Waals surface area contributed by atoms with Crippen molar-refractivity contribution in [1.29, 1.82) is 0 Å². The number of ether oxygens (including phenoxy) is 2. The Labute approximate surface area is 190 Å². The van der Waals surface area contributed by atoms with Crippen molar-refractivity contribution >= 4 is 11.8 Å². The molecule has 0 saturated heterocycles. The molecule has 0 radical (unpaired) electrons. The first-order valence-electron chi connectivity index (χ1n) is 10.9. The Morgan fingerprint density at radius 2 is 1.66 bits per heavy atom. The quantitative estimate of drug-likeness (QED) is 0.522. The van der Waals surface area contributed by atoms with Crippen LogP contribution in [0.3, 0.4) is 0 Å². The van der Waals surface area contributed by atoms with E-state index in [1.165, 1.54) is 0 Å². The summed E-state index contributed by atoms with van der Waals surface area (Å²) >= 11 is 0. The van der Waals surface area contributed by atoms with Gasteiger partial charge >= 0.3 is 0 Å². The second kappa shape index (κ2) is 12.6. The van der Waals surface area contributed by atoms with E-state index in [1.54, 1.807) is 19.4 Å². The highest BCUT2D eigenvalue weighted by Gasteiger charge is 2.11. The van der Waals surface area contributed by atoms with E-state index in [1.807, 2.05) is 45.9 Å². The third-order valence-electron chi connectivity index (χ3n) is 4.48. The van der Waals surface area contributed by atoms with Crippen molar-refractivity contribution in [3.63, 3.8) is 0 Å². The van der Waals surface area contributed by atoms with Crippen LogP contribution in [0.15, 0.2) is 30.5 Å². The van der Waals surface area contributed by atoms with Gasteiger partial charge in [0, 0.05) is 37.2 Å². The molecular weight excluding hydrogens is 408 g/mol. The summed E-state index contributed by atoms with van der Waals surface area (Å²) < 4.78 is 11.2. The third-order valence-corrected chi connectivity index (χ3v) is 4.48. The summed E-state index contributed by atoms with van der Waals surface area (Å²) in [5.74, 6) is 1.48. The molecule has 0 aliphatic rings. The zero-order valence-electron chi connectivity index (χ0n) is 19.6. The van der Waals surface area contributed by atoms with E-state index in [2.05, 4.69) is 20.6 Å². The van der Waals surface area contributed by atoms with Gasteiger partial charge in [0.25, 0.3) is 0 Å². The lowest BCUT2D eigenvalue weighted by Crippen LogP contribution is -2.24. The number of nitrogens with one attached hydrogen (secondary N) is 2. The Balaban J connectivity index is 2.02. The maximum absolute atomic E-state index is 12.0. The Kier molecular flexibility index (Phi) is 9.91. The molecule has 2 aromatic rings. The number of carbonyl (C=O) groups excluding carboxylic acids is 2. The molecule has 0 saturated carbocycles. The molecule has 2 N–H and O–H groups in total. The minimum absolute atomic E-state index is 0.00201. The molecule has 0 unspecified atom stereocenters. The first-order chi connectivity index (χ1) is 15.3. The number of rotatable bonds is 12. The zero-order chi connectivity index (χ0) is 23.5. The van der Waals surface area contributed by atoms with Crippen molar-refractivity contribution in [3.05, 3.63) is 47.3 Å². The highest BCUT2D eigenvalue weighted by molar-refractivity contribution is 5.76. The molecule has 0 atom stereocenters. The molecule has 0 bridgehead atoms. The van der Waals surface area contributed by atoms with E-state index >= 15 is 0 Å². The molecule has 0 spiro atoms. The average molecular weight is 443 g/mol. The van der Waals surface area contributed by atoms with Crippen molar-refractivity contribution in [2.75, 3.05) is 7.11 Å². The maximum Gasteiger partial charge on any atom is 0.220 e. The molecule has 2 amide bonds. The standard InChI is InChI=1S/C24H34N4O4/c1-16(2)9-21(29)26-13-19-7-6-8-25-24(19)32-15-18-11-20(28-23(12-18)31-5)14-27-22(30)10-17(3)4/h6-8,11-12,16-17H,9-10,13-15H2,1-5H3,(H,26,29)(H,27,30). The van der Waals surface area contributed by atoms with Crippen molar-refractivity contribution in [2.24, 2.45) is 11.8 Å². The van der Waals surface area contributed by atoms with Gasteiger partial charge < -0.3 is 20.1 Å². The molecule has 0 aromatic carbocycles. The van der Waals surface area contributed by atoms with Gasteiger partial charge in [-0.05, 0) is 29.5 Å². The van der Waals surface area contributed by atoms with Gasteiger partial charge in [0.1, 0.15) is 6.61 Å². The summed E-state index contributed by atoms with van der Waals surface area (Å²) in [5.41, 5.74) is 2.32. The van der Waals surface area contributed by atoms with Crippen LogP contribution in [-0.4, -0.2) is 28.9 Å². The van der Waals surface area contributed by atoms with E-state index in [0.717, 1.165) is 11.1 Å². The SMILES string of the molecule is COc1cc(COc2ncccc2CNC(=O)CC(C)C)cc(CNC(=O)CC(C)C)n1. The first-order valence-corrected chi connectivity index (χ1v) is 10.9. The van der Waals surface area contributed by atoms with Crippen molar-refractivity contribution in [3.8, 4) is 11.8 Å². The molecule has 0 aliphatic carbocycles. The molecule has 0 fully saturated rings. The van der Waals surface area contributed by atoms with Gasteiger partial charge in [0.15, 0.2) is 0 Å². The van der Waals surface area contributed by atoms with Crippen molar-refractivity contribution < 1.29 is 19.1 Å². The summed E-state index contributed by atoms with van der Waals surface area (Å²) in [6, 6.07) is 7.34. The first kappa shape index (κ1) is 25.1. The molecule has 2 heterocycles. The van der Waals surface area contributed by atoms with Crippen LogP contribution in [0.25, 0.3) is 0 Å². The zero-order valence-corrected chi connectivity index (χ0v) is 19.6. The average Bonchev–Trinajstić information content (AvgIpc) is 2.74. The number of nitrogens with zero attached hydrogens (tertiary/aromatic N) is 2. The summed E-state index contributed by atoms with van der Waals surface area (Å²) in [6.07, 6.45) is 2.59. The van der Waals surface area contributed by atoms with Crippen LogP contribution in [0.1, 0.15) is 57.4 Å². The van der Waals surface area contributed by atoms with Gasteiger partial charge in [-0.25, -0.2) is 9.97 Å². The number of aromatic nitrogens is 2. The molecule has 0 aliphatic heterocycles. The van der Waals surface area contributed by atoms with Gasteiger partial charge in [-0.3, -0.25) is 9.59 Å². The van der Waals surface area contributed by atoms with Gasteiger partial charge in [-0.15, -0.1) is 0 Å². The lowest BCUT2D eigenvalue weighted by molar-refractivity contribution is -0.122. The number of methoxy groups -OCH3 is 1. The number of hydrogen-bond acceptors (Lipinski definition) is 6. The Hall–Kier alpha value is -3.16. The topological polar surface area (TPSA) is 102 Å². The second-order valence-corrected chi connectivity index (χ2v) is 8.51. The van der Waals surface area contributed by atoms with E-state index in [-0.39, 0.29) is 18.4 Å². The smallest absolute Gasteiger partial charge is 0.220 e. The highest BCUT2D eigenvalue weighted by atomic mass is 16.5. The van der Waals surface area contributed by atoms with Crippen LogP contribution >= 0.6 is 0 Å². The normalized spacial score (nSPS) is 10.8. The molecular formula is C24H34N4O4. The minimum Gasteiger partial charge on any atom is -0.481 e. The number of amides is 2. The van der Waals surface area contributed by atoms with Crippen LogP contribution in [-0.2, 0) is 29.3 Å². The van der Waals surface area contributed by atoms with Crippen molar-refractivity contribution in [2.45, 2.75) is 60.2 Å². The van der Waals surface area contributed by atoms with Gasteiger partial charge in [-0.2, -0.15) is 0 Å². The monoisotopic (exact) mass is 442 g/mol. The largest absolute Gasteiger partial charge is 0.481 e. The number of pyridine rings is 2. The second-order valence-electron chi connectivity index (χ2n) is 8.51. The fourth-order valence-corrected chi connectivity index (χ4v) is 3.01. The van der Waals surface area contributed by atoms with E-state index in [4.69, 9.17) is 9.47 Å². The summed E-state index contributed by atoms with van der Waals surface area (Å²) in [6.45, 7) is 8.92. The van der Waals surface area contributed by atoms with Gasteiger partial charge in [0.2, 0.25) is 23.6 Å². The summed E-state index contributed by atoms with van der Waals surface area (Å²) in [5, 5.41) is 5.79. The summed E-state index contributed by atoms with van der Waals surface area (Å²) in [4.78, 5) is 32.6. The van der Waals surface area contributed by atoms with E-state index in [9.17, 15) is 9.59 Å². The molecule has 32 heavy (non-hydrogen) atoms. The molecule has 2 rings (SSSR count). The van der Waals surface area contributed by atoms with Crippen molar-refractivity contribution in [1.82, 2.24) is 20.6 Å². The minimum atomic E-state index is -0.0138. The fraction of sp³-hybridized carbons (Fsp3) is 0.500. The summed E-state index contributed by atoms with van der Waals surface area (Å²) in [7, 11) is 1.55. The fourth-order valence-electron chi connectivity index (χ4n) is 3.01. The number of carbonyl (C=O) groups is 2. The van der Waals surface area contributed by atoms with Crippen LogP contribution in [0.4, 0.5) is 0 Å². The lowest BCUT2D eigenvalue weighted by Gasteiger charge is -2.13. The number of hydrogen-bond donors (Lipinski definition) is 2. The Bertz CT molecular complexity index is 899. The van der Waals surface area contributed by atoms with Crippen LogP contribution in [0, 0.1) is 11.8 Å². The van der Waals surface area contributed by atoms with Gasteiger partial charge in [-0.1, -0.05) is 33.8 Å². The highest BCUT2D eigenvalue weighted by Crippen LogP contribution is 2.18. The molecule has 2 aromatic heterocycles. The molecule has 8 nitrogen and oxygen atoms in total. The maximum atomic E-state index is 12.0. The van der Waals surface area contributed by atoms with Crippen LogP contribution < -0.4 is 20.1 Å². The van der Waals surface area contributed by atoms with E-state index < -0.39 is 0 Å². The van der Waals surface area contributed by atoms with E-state index in [0.29, 0.717) is 55.2 Å².